The summed E-state index contributed by atoms with van der Waals surface area (Å²) in [5.41, 5.74) is 1.24. The SMILES string of the molecule is CC(c1ccccn1)N(C)CC(O)c1ccc(F)c(F)c1. The summed E-state index contributed by atoms with van der Waals surface area (Å²) in [5, 5.41) is 10.2. The first kappa shape index (κ1) is 15.5. The second-order valence-electron chi connectivity index (χ2n) is 5.06. The summed E-state index contributed by atoms with van der Waals surface area (Å²) in [6.45, 7) is 2.27. The number of rotatable bonds is 5. The van der Waals surface area contributed by atoms with Crippen LogP contribution in [0.4, 0.5) is 8.78 Å². The van der Waals surface area contributed by atoms with E-state index in [4.69, 9.17) is 0 Å². The van der Waals surface area contributed by atoms with E-state index in [2.05, 4.69) is 4.98 Å². The van der Waals surface area contributed by atoms with Crippen molar-refractivity contribution in [1.82, 2.24) is 9.88 Å². The molecule has 1 aromatic heterocycles. The third-order valence-electron chi connectivity index (χ3n) is 3.57. The molecule has 0 saturated heterocycles. The Morgan fingerprint density at radius 2 is 1.95 bits per heavy atom. The fourth-order valence-corrected chi connectivity index (χ4v) is 2.10. The molecule has 0 amide bonds. The van der Waals surface area contributed by atoms with Crippen LogP contribution in [0.3, 0.4) is 0 Å². The van der Waals surface area contributed by atoms with Gasteiger partial charge in [-0.3, -0.25) is 9.88 Å². The topological polar surface area (TPSA) is 36.4 Å². The first-order valence-electron chi connectivity index (χ1n) is 6.73. The lowest BCUT2D eigenvalue weighted by molar-refractivity contribution is 0.107. The molecule has 1 aromatic carbocycles. The Morgan fingerprint density at radius 1 is 1.19 bits per heavy atom. The average Bonchev–Trinajstić information content (AvgIpc) is 2.50. The van der Waals surface area contributed by atoms with E-state index in [9.17, 15) is 13.9 Å². The van der Waals surface area contributed by atoms with Gasteiger partial charge in [-0.1, -0.05) is 12.1 Å². The summed E-state index contributed by atoms with van der Waals surface area (Å²) in [5.74, 6) is -1.87. The van der Waals surface area contributed by atoms with E-state index in [1.807, 2.05) is 37.1 Å². The molecule has 1 heterocycles. The van der Waals surface area contributed by atoms with Crippen molar-refractivity contribution >= 4 is 0 Å². The molecule has 2 rings (SSSR count). The molecule has 5 heteroatoms. The zero-order valence-electron chi connectivity index (χ0n) is 12.0. The molecule has 0 radical (unpaired) electrons. The molecule has 0 bridgehead atoms. The summed E-state index contributed by atoms with van der Waals surface area (Å²) in [4.78, 5) is 6.18. The second kappa shape index (κ2) is 6.74. The number of halogens is 2. The lowest BCUT2D eigenvalue weighted by Gasteiger charge is -2.26. The predicted octanol–water partition coefficient (Wildman–Crippen LogP) is 3.09. The minimum Gasteiger partial charge on any atom is -0.387 e. The van der Waals surface area contributed by atoms with E-state index in [1.165, 1.54) is 6.07 Å². The van der Waals surface area contributed by atoms with Gasteiger partial charge in [0.1, 0.15) is 0 Å². The lowest BCUT2D eigenvalue weighted by Crippen LogP contribution is -2.28. The van der Waals surface area contributed by atoms with Crippen molar-refractivity contribution in [1.29, 1.82) is 0 Å². The van der Waals surface area contributed by atoms with Gasteiger partial charge in [0.2, 0.25) is 0 Å². The van der Waals surface area contributed by atoms with Crippen molar-refractivity contribution in [2.45, 2.75) is 19.1 Å². The first-order valence-corrected chi connectivity index (χ1v) is 6.73. The third-order valence-corrected chi connectivity index (χ3v) is 3.57. The Kier molecular flexibility index (Phi) is 4.98. The second-order valence-corrected chi connectivity index (χ2v) is 5.06. The number of pyridine rings is 1. The summed E-state index contributed by atoms with van der Waals surface area (Å²) in [6, 6.07) is 9.10. The molecule has 0 aliphatic heterocycles. The molecule has 2 atom stereocenters. The van der Waals surface area contributed by atoms with Crippen LogP contribution in [0.5, 0.6) is 0 Å². The Labute approximate surface area is 122 Å². The van der Waals surface area contributed by atoms with Crippen molar-refractivity contribution in [3.8, 4) is 0 Å². The van der Waals surface area contributed by atoms with Gasteiger partial charge >= 0.3 is 0 Å². The summed E-state index contributed by atoms with van der Waals surface area (Å²) in [7, 11) is 1.85. The average molecular weight is 292 g/mol. The fourth-order valence-electron chi connectivity index (χ4n) is 2.10. The predicted molar refractivity (Wildman–Crippen MR) is 76.6 cm³/mol. The van der Waals surface area contributed by atoms with Gasteiger partial charge in [0.15, 0.2) is 11.6 Å². The molecular formula is C16H18F2N2O. The fraction of sp³-hybridized carbons (Fsp3) is 0.312. The van der Waals surface area contributed by atoms with Crippen LogP contribution in [0.25, 0.3) is 0 Å². The molecule has 112 valence electrons. The number of nitrogens with zero attached hydrogens (tertiary/aromatic N) is 2. The zero-order valence-corrected chi connectivity index (χ0v) is 12.0. The van der Waals surface area contributed by atoms with Crippen LogP contribution < -0.4 is 0 Å². The molecule has 0 spiro atoms. The molecule has 1 N–H and O–H groups in total. The number of aliphatic hydroxyl groups is 1. The van der Waals surface area contributed by atoms with Gasteiger partial charge in [-0.2, -0.15) is 0 Å². The minimum absolute atomic E-state index is 0.00569. The van der Waals surface area contributed by atoms with E-state index in [-0.39, 0.29) is 6.04 Å². The van der Waals surface area contributed by atoms with E-state index in [1.54, 1.807) is 6.20 Å². The summed E-state index contributed by atoms with van der Waals surface area (Å²) < 4.78 is 26.1. The number of hydrogen-bond acceptors (Lipinski definition) is 3. The number of aliphatic hydroxyl groups excluding tert-OH is 1. The largest absolute Gasteiger partial charge is 0.387 e. The standard InChI is InChI=1S/C16H18F2N2O/c1-11(15-5-3-4-8-19-15)20(2)10-16(21)12-6-7-13(17)14(18)9-12/h3-9,11,16,21H,10H2,1-2H3. The summed E-state index contributed by atoms with van der Waals surface area (Å²) in [6.07, 6.45) is 0.821. The quantitative estimate of drug-likeness (QED) is 0.920. The first-order chi connectivity index (χ1) is 9.99. The van der Waals surface area contributed by atoms with E-state index in [0.29, 0.717) is 12.1 Å². The van der Waals surface area contributed by atoms with Crippen molar-refractivity contribution in [3.63, 3.8) is 0 Å². The van der Waals surface area contributed by atoms with Crippen LogP contribution in [-0.2, 0) is 0 Å². The molecular weight excluding hydrogens is 274 g/mol. The highest BCUT2D eigenvalue weighted by atomic mass is 19.2. The maximum Gasteiger partial charge on any atom is 0.159 e. The molecule has 0 aliphatic rings. The molecule has 2 aromatic rings. The van der Waals surface area contributed by atoms with Crippen LogP contribution in [0.2, 0.25) is 0 Å². The minimum atomic E-state index is -0.952. The van der Waals surface area contributed by atoms with Gasteiger partial charge in [-0.15, -0.1) is 0 Å². The highest BCUT2D eigenvalue weighted by molar-refractivity contribution is 5.20. The molecule has 3 nitrogen and oxygen atoms in total. The highest BCUT2D eigenvalue weighted by Crippen LogP contribution is 2.21. The van der Waals surface area contributed by atoms with Gasteiger partial charge in [0, 0.05) is 18.8 Å². The van der Waals surface area contributed by atoms with Crippen molar-refractivity contribution in [2.75, 3.05) is 13.6 Å². The molecule has 2 unspecified atom stereocenters. The Bertz CT molecular complexity index is 592. The zero-order chi connectivity index (χ0) is 15.4. The van der Waals surface area contributed by atoms with Crippen LogP contribution in [-0.4, -0.2) is 28.6 Å². The highest BCUT2D eigenvalue weighted by Gasteiger charge is 2.18. The molecule has 0 saturated carbocycles. The van der Waals surface area contributed by atoms with Crippen molar-refractivity contribution in [3.05, 3.63) is 65.5 Å². The van der Waals surface area contributed by atoms with Gasteiger partial charge in [-0.25, -0.2) is 8.78 Å². The van der Waals surface area contributed by atoms with Gasteiger partial charge in [-0.05, 0) is 43.8 Å². The van der Waals surface area contributed by atoms with Crippen LogP contribution >= 0.6 is 0 Å². The maximum absolute atomic E-state index is 13.2. The smallest absolute Gasteiger partial charge is 0.159 e. The molecule has 21 heavy (non-hydrogen) atoms. The van der Waals surface area contributed by atoms with Crippen molar-refractivity contribution in [2.24, 2.45) is 0 Å². The maximum atomic E-state index is 13.2. The normalized spacial score (nSPS) is 14.2. The molecule has 0 fully saturated rings. The van der Waals surface area contributed by atoms with Gasteiger partial charge in [0.05, 0.1) is 11.8 Å². The van der Waals surface area contributed by atoms with Gasteiger partial charge in [0.25, 0.3) is 0 Å². The van der Waals surface area contributed by atoms with Crippen LogP contribution in [0.1, 0.15) is 30.3 Å². The number of benzene rings is 1. The van der Waals surface area contributed by atoms with E-state index >= 15 is 0 Å². The van der Waals surface area contributed by atoms with Crippen molar-refractivity contribution < 1.29 is 13.9 Å². The number of likely N-dealkylation sites (N-methyl/N-ethyl adjacent to an activating group) is 1. The Morgan fingerprint density at radius 3 is 2.57 bits per heavy atom. The molecule has 0 aliphatic carbocycles. The van der Waals surface area contributed by atoms with Crippen LogP contribution in [0.15, 0.2) is 42.6 Å². The van der Waals surface area contributed by atoms with Crippen LogP contribution in [0, 0.1) is 11.6 Å². The summed E-state index contributed by atoms with van der Waals surface area (Å²) >= 11 is 0. The Hall–Kier alpha value is -1.85. The number of aromatic nitrogens is 1. The Balaban J connectivity index is 2.04. The lowest BCUT2D eigenvalue weighted by atomic mass is 10.1. The monoisotopic (exact) mass is 292 g/mol. The third kappa shape index (κ3) is 3.83. The van der Waals surface area contributed by atoms with E-state index < -0.39 is 17.7 Å². The van der Waals surface area contributed by atoms with E-state index in [0.717, 1.165) is 17.8 Å². The van der Waals surface area contributed by atoms with Gasteiger partial charge < -0.3 is 5.11 Å². The number of hydrogen-bond donors (Lipinski definition) is 1.